The summed E-state index contributed by atoms with van der Waals surface area (Å²) in [5.41, 5.74) is 0.289. The van der Waals surface area contributed by atoms with Crippen LogP contribution in [0.25, 0.3) is 20.2 Å². The van der Waals surface area contributed by atoms with Crippen molar-refractivity contribution in [3.05, 3.63) is 58.3 Å². The largest absolute Gasteiger partial charge is 0.462 e. The summed E-state index contributed by atoms with van der Waals surface area (Å²) in [7, 11) is 0. The first-order valence-corrected chi connectivity index (χ1v) is 12.2. The number of ether oxygens (including phenoxy) is 1. The molecule has 0 aliphatic rings. The molecule has 30 heavy (non-hydrogen) atoms. The van der Waals surface area contributed by atoms with Crippen LogP contribution in [0.5, 0.6) is 0 Å². The van der Waals surface area contributed by atoms with Crippen LogP contribution in [0, 0.1) is 0 Å². The Morgan fingerprint density at radius 1 is 0.800 bits per heavy atom. The Morgan fingerprint density at radius 2 is 1.43 bits per heavy atom. The van der Waals surface area contributed by atoms with E-state index in [0.717, 1.165) is 22.2 Å². The van der Waals surface area contributed by atoms with Crippen molar-refractivity contribution in [2.75, 3.05) is 6.61 Å². The number of hydrogen-bond donors (Lipinski definition) is 0. The third-order valence-electron chi connectivity index (χ3n) is 5.56. The summed E-state index contributed by atoms with van der Waals surface area (Å²) in [6.07, 6.45) is 12.4. The smallest absolute Gasteiger partial charge is 0.338 e. The van der Waals surface area contributed by atoms with Crippen LogP contribution in [0.15, 0.2) is 47.3 Å². The van der Waals surface area contributed by atoms with Crippen molar-refractivity contribution < 1.29 is 9.53 Å². The molecule has 0 spiro atoms. The third-order valence-corrected chi connectivity index (χ3v) is 6.69. The van der Waals surface area contributed by atoms with Gasteiger partial charge in [0.05, 0.1) is 17.6 Å². The molecule has 0 saturated heterocycles. The van der Waals surface area contributed by atoms with Crippen LogP contribution in [-0.4, -0.2) is 12.6 Å². The summed E-state index contributed by atoms with van der Waals surface area (Å²) in [6.45, 7) is 2.66. The highest BCUT2D eigenvalue weighted by molar-refractivity contribution is 7.24. The molecule has 0 N–H and O–H groups in total. The van der Waals surface area contributed by atoms with Crippen LogP contribution < -0.4 is 5.43 Å². The van der Waals surface area contributed by atoms with Crippen molar-refractivity contribution in [2.24, 2.45) is 0 Å². The molecule has 0 bridgehead atoms. The molecule has 0 aliphatic carbocycles. The van der Waals surface area contributed by atoms with Gasteiger partial charge in [0.25, 0.3) is 0 Å². The number of hydrogen-bond acceptors (Lipinski definition) is 4. The van der Waals surface area contributed by atoms with Gasteiger partial charge >= 0.3 is 5.97 Å². The van der Waals surface area contributed by atoms with Gasteiger partial charge in [-0.3, -0.25) is 4.79 Å². The number of rotatable bonds is 12. The van der Waals surface area contributed by atoms with Crippen LogP contribution in [0.3, 0.4) is 0 Å². The first-order chi connectivity index (χ1) is 14.7. The molecule has 0 unspecified atom stereocenters. The number of benzene rings is 2. The number of esters is 1. The molecule has 0 saturated carbocycles. The topological polar surface area (TPSA) is 43.4 Å². The zero-order chi connectivity index (χ0) is 21.2. The third kappa shape index (κ3) is 5.91. The lowest BCUT2D eigenvalue weighted by atomic mass is 10.1. The zero-order valence-electron chi connectivity index (χ0n) is 18.0. The Bertz CT molecular complexity index is 1020. The van der Waals surface area contributed by atoms with E-state index in [2.05, 4.69) is 6.92 Å². The number of unbranched alkanes of at least 4 members (excludes halogenated alkanes) is 9. The van der Waals surface area contributed by atoms with Crippen molar-refractivity contribution in [3.8, 4) is 0 Å². The van der Waals surface area contributed by atoms with Crippen molar-refractivity contribution >= 4 is 37.5 Å². The summed E-state index contributed by atoms with van der Waals surface area (Å²) in [4.78, 5) is 25.6. The van der Waals surface area contributed by atoms with Gasteiger partial charge in [-0.1, -0.05) is 82.9 Å². The highest BCUT2D eigenvalue weighted by Gasteiger charge is 2.16. The Labute approximate surface area is 183 Å². The molecule has 0 amide bonds. The van der Waals surface area contributed by atoms with Crippen LogP contribution in [-0.2, 0) is 4.74 Å². The lowest BCUT2D eigenvalue weighted by Crippen LogP contribution is -2.11. The molecule has 4 heteroatoms. The molecule has 2 aromatic carbocycles. The average Bonchev–Trinajstić information content (AvgIpc) is 2.77. The van der Waals surface area contributed by atoms with E-state index in [-0.39, 0.29) is 5.43 Å². The van der Waals surface area contributed by atoms with E-state index >= 15 is 0 Å². The highest BCUT2D eigenvalue weighted by Crippen LogP contribution is 2.26. The highest BCUT2D eigenvalue weighted by atomic mass is 32.1. The molecular weight excluding hydrogens is 392 g/mol. The molecular formula is C26H32O3S. The lowest BCUT2D eigenvalue weighted by molar-refractivity contribution is 0.0500. The second-order valence-corrected chi connectivity index (χ2v) is 9.01. The summed E-state index contributed by atoms with van der Waals surface area (Å²) in [5.74, 6) is -0.392. The number of carbonyl (C=O) groups is 1. The number of fused-ring (bicyclic) bond motifs is 2. The predicted octanol–water partition coefficient (Wildman–Crippen LogP) is 7.49. The standard InChI is InChI=1S/C26H32O3S/c1-2-3-4-5-6-7-8-9-10-13-19-29-26(28)21-16-14-18-23-24(21)25(27)20-15-11-12-17-22(20)30-23/h11-12,14-18H,2-10,13,19H2,1H3. The minimum absolute atomic E-state index is 0.0918. The van der Waals surface area contributed by atoms with Crippen LogP contribution >= 0.6 is 11.3 Å². The van der Waals surface area contributed by atoms with E-state index in [4.69, 9.17) is 4.74 Å². The molecule has 0 aliphatic heterocycles. The molecule has 3 aromatic rings. The monoisotopic (exact) mass is 424 g/mol. The van der Waals surface area contributed by atoms with Crippen molar-refractivity contribution in [1.82, 2.24) is 0 Å². The molecule has 0 atom stereocenters. The van der Waals surface area contributed by atoms with Gasteiger partial charge in [0, 0.05) is 14.8 Å². The van der Waals surface area contributed by atoms with Gasteiger partial charge in [-0.2, -0.15) is 0 Å². The van der Waals surface area contributed by atoms with Crippen molar-refractivity contribution in [2.45, 2.75) is 71.1 Å². The summed E-state index contributed by atoms with van der Waals surface area (Å²) < 4.78 is 7.26. The maximum absolute atomic E-state index is 13.0. The molecule has 3 nitrogen and oxygen atoms in total. The van der Waals surface area contributed by atoms with Gasteiger partial charge in [0.15, 0.2) is 5.43 Å². The van der Waals surface area contributed by atoms with Gasteiger partial charge in [0.2, 0.25) is 0 Å². The normalized spacial score (nSPS) is 11.2. The van der Waals surface area contributed by atoms with E-state index in [0.29, 0.717) is 22.9 Å². The molecule has 3 rings (SSSR count). The second kappa shape index (κ2) is 11.8. The van der Waals surface area contributed by atoms with Gasteiger partial charge in [-0.15, -0.1) is 11.3 Å². The fraction of sp³-hybridized carbons (Fsp3) is 0.462. The van der Waals surface area contributed by atoms with Crippen LogP contribution in [0.1, 0.15) is 81.5 Å². The van der Waals surface area contributed by atoms with Crippen LogP contribution in [0.4, 0.5) is 0 Å². The Morgan fingerprint density at radius 3 is 2.17 bits per heavy atom. The Balaban J connectivity index is 1.49. The predicted molar refractivity (Wildman–Crippen MR) is 128 cm³/mol. The van der Waals surface area contributed by atoms with Gasteiger partial charge < -0.3 is 4.74 Å². The Kier molecular flexibility index (Phi) is 8.88. The summed E-state index contributed by atoms with van der Waals surface area (Å²) >= 11 is 1.53. The minimum Gasteiger partial charge on any atom is -0.462 e. The Hall–Kier alpha value is -2.20. The van der Waals surface area contributed by atoms with Gasteiger partial charge in [-0.25, -0.2) is 4.79 Å². The quantitative estimate of drug-likeness (QED) is 0.172. The van der Waals surface area contributed by atoms with Crippen molar-refractivity contribution in [3.63, 3.8) is 0 Å². The molecule has 160 valence electrons. The van der Waals surface area contributed by atoms with E-state index in [1.807, 2.05) is 36.4 Å². The fourth-order valence-electron chi connectivity index (χ4n) is 3.85. The van der Waals surface area contributed by atoms with Gasteiger partial charge in [-0.05, 0) is 30.7 Å². The fourth-order valence-corrected chi connectivity index (χ4v) is 4.95. The minimum atomic E-state index is -0.392. The SMILES string of the molecule is CCCCCCCCCCCCOC(=O)c1cccc2sc3ccccc3c(=O)c12. The lowest BCUT2D eigenvalue weighted by Gasteiger charge is -2.08. The molecule has 1 aromatic heterocycles. The van der Waals surface area contributed by atoms with E-state index in [9.17, 15) is 9.59 Å². The van der Waals surface area contributed by atoms with Crippen molar-refractivity contribution in [1.29, 1.82) is 0 Å². The average molecular weight is 425 g/mol. The van der Waals surface area contributed by atoms with E-state index in [1.165, 1.54) is 62.7 Å². The maximum atomic E-state index is 13.0. The van der Waals surface area contributed by atoms with E-state index < -0.39 is 5.97 Å². The first-order valence-electron chi connectivity index (χ1n) is 11.3. The van der Waals surface area contributed by atoms with Gasteiger partial charge in [0.1, 0.15) is 0 Å². The second-order valence-electron chi connectivity index (χ2n) is 7.92. The maximum Gasteiger partial charge on any atom is 0.338 e. The van der Waals surface area contributed by atoms with Crippen LogP contribution in [0.2, 0.25) is 0 Å². The molecule has 1 heterocycles. The van der Waals surface area contributed by atoms with E-state index in [1.54, 1.807) is 6.07 Å². The summed E-state index contributed by atoms with van der Waals surface area (Å²) in [5, 5.41) is 1.14. The molecule has 0 fully saturated rings. The summed E-state index contributed by atoms with van der Waals surface area (Å²) in [6, 6.07) is 13.0. The zero-order valence-corrected chi connectivity index (χ0v) is 18.8. The molecule has 0 radical (unpaired) electrons. The number of carbonyl (C=O) groups excluding carboxylic acids is 1. The first kappa shape index (κ1) is 22.5.